The van der Waals surface area contributed by atoms with Gasteiger partial charge in [0.25, 0.3) is 0 Å². The van der Waals surface area contributed by atoms with Crippen LogP contribution >= 0.6 is 0 Å². The van der Waals surface area contributed by atoms with Crippen molar-refractivity contribution in [3.63, 3.8) is 0 Å². The first-order valence-corrected chi connectivity index (χ1v) is 4.37. The number of hydrogen-bond acceptors (Lipinski definition) is 4. The first-order valence-electron chi connectivity index (χ1n) is 4.37. The predicted molar refractivity (Wildman–Crippen MR) is 65.0 cm³/mol. The number of carboxylic acids is 3. The molecule has 1 aromatic rings. The zero-order valence-corrected chi connectivity index (χ0v) is 11.6. The van der Waals surface area contributed by atoms with Crippen LogP contribution in [-0.4, -0.2) is 77.5 Å². The van der Waals surface area contributed by atoms with E-state index in [1.54, 1.807) is 0 Å². The summed E-state index contributed by atoms with van der Waals surface area (Å²) in [5.41, 5.74) is 4.19. The van der Waals surface area contributed by atoms with Crippen LogP contribution in [0.25, 0.3) is 0 Å². The Hall–Kier alpha value is -1.15. The number of rotatable bonds is 3. The third kappa shape index (κ3) is 7.23. The average molecular weight is 283 g/mol. The largest absolute Gasteiger partial charge is 2.00 e. The van der Waals surface area contributed by atoms with Crippen LogP contribution in [0.5, 0.6) is 0 Å². The Kier molecular flexibility index (Phi) is 10.5. The maximum atomic E-state index is 10.5. The van der Waals surface area contributed by atoms with Gasteiger partial charge in [0, 0.05) is 0 Å². The fourth-order valence-electron chi connectivity index (χ4n) is 0.856. The number of hydrogen-bond donors (Lipinski definition) is 4. The van der Waals surface area contributed by atoms with Gasteiger partial charge in [-0.05, 0) is 12.1 Å². The fourth-order valence-corrected chi connectivity index (χ4v) is 0.856. The Morgan fingerprint density at radius 2 is 1.28 bits per heavy atom. The van der Waals surface area contributed by atoms with Crippen molar-refractivity contribution >= 4 is 55.6 Å². The number of carbonyl (C=O) groups is 3. The molecular weight excluding hydrogens is 270 g/mol. The molecule has 0 unspecified atom stereocenters. The van der Waals surface area contributed by atoms with E-state index in [9.17, 15) is 14.4 Å². The van der Waals surface area contributed by atoms with Gasteiger partial charge in [-0.2, -0.15) is 0 Å². The summed E-state index contributed by atoms with van der Waals surface area (Å²) >= 11 is 0. The third-order valence-electron chi connectivity index (χ3n) is 1.56. The van der Waals surface area contributed by atoms with Crippen LogP contribution in [-0.2, 0) is 4.79 Å². The number of aliphatic carboxylic acids is 1. The minimum absolute atomic E-state index is 0. The summed E-state index contributed by atoms with van der Waals surface area (Å²) in [4.78, 5) is 30.2. The van der Waals surface area contributed by atoms with Gasteiger partial charge in [-0.15, -0.1) is 0 Å². The Labute approximate surface area is 135 Å². The molecule has 1 aromatic carbocycles. The maximum absolute atomic E-state index is 10.5. The standard InChI is InChI=1S/C8H6O4.C2H5NO2.Ca.2H/c9-7(10)5-3-1-2-4-6(5)8(11)12;3-1-2(4)5;;;/h1-4H,(H,9,10)(H,11,12);1,3H2,(H,4,5);;;/q;;+2;2*-1. The molecule has 0 radical (unpaired) electrons. The molecule has 0 aliphatic carbocycles. The van der Waals surface area contributed by atoms with Crippen molar-refractivity contribution in [2.75, 3.05) is 6.54 Å². The molecule has 0 fully saturated rings. The number of benzene rings is 1. The number of nitrogens with two attached hydrogens (primary N) is 1. The molecule has 0 saturated carbocycles. The zero-order chi connectivity index (χ0) is 13.4. The molecule has 0 atom stereocenters. The Morgan fingerprint density at radius 3 is 1.44 bits per heavy atom. The monoisotopic (exact) mass is 283 g/mol. The topological polar surface area (TPSA) is 138 Å². The van der Waals surface area contributed by atoms with Crippen molar-refractivity contribution in [3.05, 3.63) is 35.4 Å². The van der Waals surface area contributed by atoms with Crippen molar-refractivity contribution in [2.24, 2.45) is 5.73 Å². The SMILES string of the molecule is NCC(=O)O.O=C(O)c1ccccc1C(=O)O.[Ca+2].[H-].[H-]. The molecule has 0 amide bonds. The van der Waals surface area contributed by atoms with Crippen molar-refractivity contribution in [2.45, 2.75) is 0 Å². The average Bonchev–Trinajstić information content (AvgIpc) is 2.29. The van der Waals surface area contributed by atoms with Gasteiger partial charge in [0.05, 0.1) is 17.7 Å². The van der Waals surface area contributed by atoms with E-state index in [4.69, 9.17) is 15.3 Å². The number of carboxylic acid groups (broad SMARTS) is 3. The smallest absolute Gasteiger partial charge is 1.00 e. The normalized spacial score (nSPS) is 8.28. The molecule has 5 N–H and O–H groups in total. The van der Waals surface area contributed by atoms with Crippen LogP contribution < -0.4 is 5.73 Å². The molecule has 0 aliphatic heterocycles. The van der Waals surface area contributed by atoms with E-state index < -0.39 is 17.9 Å². The van der Waals surface area contributed by atoms with Gasteiger partial charge in [0.2, 0.25) is 0 Å². The Bertz CT molecular complexity index is 411. The van der Waals surface area contributed by atoms with Gasteiger partial charge >= 0.3 is 55.6 Å². The molecule has 0 spiro atoms. The molecule has 96 valence electrons. The molecule has 0 saturated heterocycles. The second-order valence-corrected chi connectivity index (χ2v) is 2.75. The van der Waals surface area contributed by atoms with E-state index in [-0.39, 0.29) is 58.3 Å². The van der Waals surface area contributed by atoms with Crippen LogP contribution in [0.1, 0.15) is 23.6 Å². The van der Waals surface area contributed by atoms with Crippen molar-refractivity contribution in [3.8, 4) is 0 Å². The summed E-state index contributed by atoms with van der Waals surface area (Å²) in [7, 11) is 0. The van der Waals surface area contributed by atoms with Gasteiger partial charge in [0.15, 0.2) is 0 Å². The van der Waals surface area contributed by atoms with Crippen LogP contribution in [0.3, 0.4) is 0 Å². The minimum Gasteiger partial charge on any atom is -1.00 e. The quantitative estimate of drug-likeness (QED) is 0.571. The van der Waals surface area contributed by atoms with Crippen LogP contribution in [0.4, 0.5) is 0 Å². The summed E-state index contributed by atoms with van der Waals surface area (Å²) in [6.45, 7) is -0.278. The third-order valence-corrected chi connectivity index (χ3v) is 1.56. The Balaban J connectivity index is -0.000000141. The van der Waals surface area contributed by atoms with Gasteiger partial charge < -0.3 is 23.9 Å². The van der Waals surface area contributed by atoms with Crippen molar-refractivity contribution < 1.29 is 32.6 Å². The van der Waals surface area contributed by atoms with Gasteiger partial charge in [0.1, 0.15) is 0 Å². The molecule has 8 heteroatoms. The van der Waals surface area contributed by atoms with Gasteiger partial charge in [-0.1, -0.05) is 12.1 Å². The van der Waals surface area contributed by atoms with Crippen molar-refractivity contribution in [1.82, 2.24) is 0 Å². The number of aromatic carboxylic acids is 2. The predicted octanol–water partition coefficient (Wildman–Crippen LogP) is -0.0431. The molecule has 0 aliphatic rings. The van der Waals surface area contributed by atoms with Gasteiger partial charge in [-0.3, -0.25) is 4.79 Å². The molecule has 7 nitrogen and oxygen atoms in total. The summed E-state index contributed by atoms with van der Waals surface area (Å²) in [6, 6.07) is 5.48. The molecule has 18 heavy (non-hydrogen) atoms. The molecule has 0 bridgehead atoms. The van der Waals surface area contributed by atoms with E-state index in [2.05, 4.69) is 5.73 Å². The summed E-state index contributed by atoms with van der Waals surface area (Å²) < 4.78 is 0. The molecule has 1 rings (SSSR count). The second-order valence-electron chi connectivity index (χ2n) is 2.75. The summed E-state index contributed by atoms with van der Waals surface area (Å²) in [5, 5.41) is 24.7. The van der Waals surface area contributed by atoms with Crippen LogP contribution in [0.15, 0.2) is 24.3 Å². The first kappa shape index (κ1) is 19.2. The van der Waals surface area contributed by atoms with Crippen molar-refractivity contribution in [1.29, 1.82) is 0 Å². The van der Waals surface area contributed by atoms with E-state index in [1.165, 1.54) is 24.3 Å². The van der Waals surface area contributed by atoms with E-state index in [0.717, 1.165) is 0 Å². The minimum atomic E-state index is -1.23. The van der Waals surface area contributed by atoms with Crippen LogP contribution in [0, 0.1) is 0 Å². The van der Waals surface area contributed by atoms with Crippen LogP contribution in [0.2, 0.25) is 0 Å². The van der Waals surface area contributed by atoms with E-state index in [1.807, 2.05) is 0 Å². The fraction of sp³-hybridized carbons (Fsp3) is 0.100. The van der Waals surface area contributed by atoms with E-state index in [0.29, 0.717) is 0 Å². The zero-order valence-electron chi connectivity index (χ0n) is 11.4. The molecular formula is C10H13CaNO6. The molecule has 0 heterocycles. The summed E-state index contributed by atoms with van der Waals surface area (Å²) in [5.74, 6) is -3.42. The van der Waals surface area contributed by atoms with Gasteiger partial charge in [-0.25, -0.2) is 9.59 Å². The maximum Gasteiger partial charge on any atom is 2.00 e. The summed E-state index contributed by atoms with van der Waals surface area (Å²) in [6.07, 6.45) is 0. The molecule has 0 aromatic heterocycles. The first-order chi connectivity index (χ1) is 7.90. The second kappa shape index (κ2) is 9.84. The van der Waals surface area contributed by atoms with E-state index >= 15 is 0 Å². The Morgan fingerprint density at radius 1 is 1.00 bits per heavy atom.